The molecule has 0 spiro atoms. The van der Waals surface area contributed by atoms with Crippen LogP contribution >= 0.6 is 0 Å². The van der Waals surface area contributed by atoms with Gasteiger partial charge in [-0.05, 0) is 74.5 Å². The average Bonchev–Trinajstić information content (AvgIpc) is 3.59. The molecule has 0 bridgehead atoms. The van der Waals surface area contributed by atoms with Crippen LogP contribution in [0.5, 0.6) is 0 Å². The number of rotatable bonds is 4. The Hall–Kier alpha value is -5.60. The molecule has 45 heavy (non-hydrogen) atoms. The van der Waals surface area contributed by atoms with Crippen LogP contribution < -0.4 is 4.90 Å². The van der Waals surface area contributed by atoms with Gasteiger partial charge in [0.25, 0.3) is 0 Å². The Kier molecular flexibility index (Phi) is 5.58. The molecule has 0 atom stereocenters. The molecule has 2 nitrogen and oxygen atoms in total. The number of hydrogen-bond donors (Lipinski definition) is 0. The Morgan fingerprint density at radius 2 is 1.18 bits per heavy atom. The molecule has 0 N–H and O–H groups in total. The molecule has 7 aromatic carbocycles. The lowest BCUT2D eigenvalue weighted by molar-refractivity contribution is 0.659. The van der Waals surface area contributed by atoms with E-state index in [9.17, 15) is 0 Å². The van der Waals surface area contributed by atoms with Gasteiger partial charge in [-0.2, -0.15) is 0 Å². The molecule has 1 aliphatic rings. The lowest BCUT2D eigenvalue weighted by Crippen LogP contribution is -2.20. The minimum atomic E-state index is -0.178. The summed E-state index contributed by atoms with van der Waals surface area (Å²) in [6.45, 7) is 4.71. The third-order valence-corrected chi connectivity index (χ3v) is 9.64. The van der Waals surface area contributed by atoms with Gasteiger partial charge in [-0.1, -0.05) is 135 Å². The van der Waals surface area contributed by atoms with Crippen molar-refractivity contribution in [2.24, 2.45) is 0 Å². The van der Waals surface area contributed by atoms with E-state index in [1.54, 1.807) is 0 Å². The van der Waals surface area contributed by atoms with Crippen LogP contribution in [0, 0.1) is 0 Å². The van der Waals surface area contributed by atoms with Gasteiger partial charge in [0.05, 0.1) is 11.4 Å². The normalized spacial score (nSPS) is 13.3. The number of hydrogen-bond acceptors (Lipinski definition) is 2. The topological polar surface area (TPSA) is 16.4 Å². The fraction of sp³-hybridized carbons (Fsp3) is 0.0698. The molecular weight excluding hydrogens is 546 g/mol. The Morgan fingerprint density at radius 3 is 2.04 bits per heavy atom. The van der Waals surface area contributed by atoms with Crippen molar-refractivity contribution >= 4 is 49.8 Å². The molecule has 0 radical (unpaired) electrons. The van der Waals surface area contributed by atoms with Crippen LogP contribution in [0.1, 0.15) is 25.0 Å². The number of fused-ring (bicyclic) bond motifs is 8. The van der Waals surface area contributed by atoms with Gasteiger partial charge < -0.3 is 9.32 Å². The van der Waals surface area contributed by atoms with Gasteiger partial charge in [0.2, 0.25) is 0 Å². The third-order valence-electron chi connectivity index (χ3n) is 9.64. The van der Waals surface area contributed by atoms with Crippen molar-refractivity contribution in [1.82, 2.24) is 0 Å². The second-order valence-electron chi connectivity index (χ2n) is 12.5. The molecule has 1 aromatic heterocycles. The predicted molar refractivity (Wildman–Crippen MR) is 189 cm³/mol. The van der Waals surface area contributed by atoms with E-state index in [1.165, 1.54) is 49.8 Å². The SMILES string of the molecule is CC1(C)c2ccccc2-c2cccc(N(c3ccc(-c4ccccc4)cc3)c3cccc4c3oc3ccc5ccccc5c34)c21. The van der Waals surface area contributed by atoms with Crippen molar-refractivity contribution in [3.05, 3.63) is 163 Å². The number of nitrogens with zero attached hydrogens (tertiary/aromatic N) is 1. The molecular formula is C43H31NO. The first-order chi connectivity index (χ1) is 22.1. The van der Waals surface area contributed by atoms with Crippen molar-refractivity contribution in [2.45, 2.75) is 19.3 Å². The molecule has 0 fully saturated rings. The minimum Gasteiger partial charge on any atom is -0.454 e. The van der Waals surface area contributed by atoms with Crippen LogP contribution in [-0.2, 0) is 5.41 Å². The van der Waals surface area contributed by atoms with Crippen molar-refractivity contribution < 1.29 is 4.42 Å². The summed E-state index contributed by atoms with van der Waals surface area (Å²) in [7, 11) is 0. The van der Waals surface area contributed by atoms with E-state index in [1.807, 2.05) is 0 Å². The minimum absolute atomic E-state index is 0.178. The van der Waals surface area contributed by atoms with E-state index in [0.717, 1.165) is 33.3 Å². The molecule has 9 rings (SSSR count). The van der Waals surface area contributed by atoms with Gasteiger partial charge in [-0.15, -0.1) is 0 Å². The summed E-state index contributed by atoms with van der Waals surface area (Å²) in [6.07, 6.45) is 0. The lowest BCUT2D eigenvalue weighted by atomic mass is 9.81. The second kappa shape index (κ2) is 9.70. The molecule has 1 heterocycles. The van der Waals surface area contributed by atoms with Gasteiger partial charge in [0.15, 0.2) is 5.58 Å². The molecule has 0 unspecified atom stereocenters. The summed E-state index contributed by atoms with van der Waals surface area (Å²) in [5.74, 6) is 0. The molecule has 2 heteroatoms. The molecule has 1 aliphatic carbocycles. The maximum Gasteiger partial charge on any atom is 0.159 e. The number of para-hydroxylation sites is 1. The fourth-order valence-electron chi connectivity index (χ4n) is 7.58. The van der Waals surface area contributed by atoms with Crippen LogP contribution in [0.4, 0.5) is 17.1 Å². The first-order valence-corrected chi connectivity index (χ1v) is 15.6. The maximum atomic E-state index is 6.80. The quantitative estimate of drug-likeness (QED) is 0.207. The third kappa shape index (κ3) is 3.82. The van der Waals surface area contributed by atoms with E-state index < -0.39 is 0 Å². The molecule has 8 aromatic rings. The van der Waals surface area contributed by atoms with Crippen molar-refractivity contribution in [3.8, 4) is 22.3 Å². The Bertz CT molecular complexity index is 2400. The first kappa shape index (κ1) is 25.9. The lowest BCUT2D eigenvalue weighted by Gasteiger charge is -2.32. The summed E-state index contributed by atoms with van der Waals surface area (Å²) >= 11 is 0. The van der Waals surface area contributed by atoms with E-state index in [2.05, 4.69) is 170 Å². The van der Waals surface area contributed by atoms with Crippen LogP contribution in [0.3, 0.4) is 0 Å². The Labute approximate surface area is 262 Å². The van der Waals surface area contributed by atoms with Crippen LogP contribution in [0.2, 0.25) is 0 Å². The summed E-state index contributed by atoms with van der Waals surface area (Å²) in [6, 6.07) is 54.5. The van der Waals surface area contributed by atoms with Gasteiger partial charge in [-0.3, -0.25) is 0 Å². The summed E-state index contributed by atoms with van der Waals surface area (Å²) in [5.41, 5.74) is 12.6. The predicted octanol–water partition coefficient (Wildman–Crippen LogP) is 12.2. The highest BCUT2D eigenvalue weighted by molar-refractivity contribution is 6.21. The first-order valence-electron chi connectivity index (χ1n) is 15.6. The summed E-state index contributed by atoms with van der Waals surface area (Å²) in [5, 5.41) is 4.71. The maximum absolute atomic E-state index is 6.80. The van der Waals surface area contributed by atoms with Crippen LogP contribution in [0.25, 0.3) is 55.0 Å². The molecule has 0 aliphatic heterocycles. The zero-order valence-electron chi connectivity index (χ0n) is 25.3. The smallest absolute Gasteiger partial charge is 0.159 e. The fourth-order valence-corrected chi connectivity index (χ4v) is 7.58. The number of anilines is 3. The molecule has 0 saturated carbocycles. The second-order valence-corrected chi connectivity index (χ2v) is 12.5. The van der Waals surface area contributed by atoms with E-state index >= 15 is 0 Å². The highest BCUT2D eigenvalue weighted by atomic mass is 16.3. The van der Waals surface area contributed by atoms with E-state index in [0.29, 0.717) is 0 Å². The average molecular weight is 578 g/mol. The van der Waals surface area contributed by atoms with Gasteiger partial charge in [0.1, 0.15) is 5.58 Å². The zero-order chi connectivity index (χ0) is 30.1. The van der Waals surface area contributed by atoms with E-state index in [4.69, 9.17) is 4.42 Å². The molecule has 0 amide bonds. The van der Waals surface area contributed by atoms with Crippen molar-refractivity contribution in [1.29, 1.82) is 0 Å². The monoisotopic (exact) mass is 577 g/mol. The molecule has 0 saturated heterocycles. The van der Waals surface area contributed by atoms with Gasteiger partial charge in [0, 0.05) is 21.9 Å². The largest absolute Gasteiger partial charge is 0.454 e. The van der Waals surface area contributed by atoms with Gasteiger partial charge in [-0.25, -0.2) is 0 Å². The highest BCUT2D eigenvalue weighted by Crippen LogP contribution is 2.55. The highest BCUT2D eigenvalue weighted by Gasteiger charge is 2.39. The van der Waals surface area contributed by atoms with E-state index in [-0.39, 0.29) is 5.41 Å². The van der Waals surface area contributed by atoms with Gasteiger partial charge >= 0.3 is 0 Å². The number of benzene rings is 7. The van der Waals surface area contributed by atoms with Crippen LogP contribution in [-0.4, -0.2) is 0 Å². The van der Waals surface area contributed by atoms with Crippen molar-refractivity contribution in [3.63, 3.8) is 0 Å². The molecule has 214 valence electrons. The number of furan rings is 1. The Balaban J connectivity index is 1.33. The zero-order valence-corrected chi connectivity index (χ0v) is 25.3. The summed E-state index contributed by atoms with van der Waals surface area (Å²) < 4.78 is 6.80. The summed E-state index contributed by atoms with van der Waals surface area (Å²) in [4.78, 5) is 2.41. The standard InChI is InChI=1S/C43H31NO/c1-43(2)36-19-9-8-16-33(36)34-17-10-20-37(41(34)43)44(31-25-22-29(23-26-31)28-12-4-3-5-13-28)38-21-11-18-35-40-32-15-7-6-14-30(32)24-27-39(40)45-42(35)38/h3-27H,1-2H3. The Morgan fingerprint density at radius 1 is 0.511 bits per heavy atom. The van der Waals surface area contributed by atoms with Crippen LogP contribution in [0.15, 0.2) is 156 Å². The van der Waals surface area contributed by atoms with Crippen molar-refractivity contribution in [2.75, 3.05) is 4.90 Å².